The van der Waals surface area contributed by atoms with Gasteiger partial charge in [-0.1, -0.05) is 24.3 Å². The number of hydrogen-bond donors (Lipinski definition) is 2. The smallest absolute Gasteiger partial charge is 0.315 e. The van der Waals surface area contributed by atoms with Crippen LogP contribution in [0.4, 0.5) is 0 Å². The first-order valence-corrected chi connectivity index (χ1v) is 12.7. The Labute approximate surface area is 207 Å². The van der Waals surface area contributed by atoms with Gasteiger partial charge >= 0.3 is 10.1 Å². The van der Waals surface area contributed by atoms with Crippen molar-refractivity contribution in [3.63, 3.8) is 0 Å². The summed E-state index contributed by atoms with van der Waals surface area (Å²) in [6.07, 6.45) is 1.99. The number of aromatic nitrogens is 3. The van der Waals surface area contributed by atoms with Gasteiger partial charge < -0.3 is 19.1 Å². The van der Waals surface area contributed by atoms with Crippen LogP contribution in [-0.4, -0.2) is 50.9 Å². The molecule has 3 atom stereocenters. The molecule has 1 fully saturated rings. The molecule has 3 aromatic carbocycles. The second kappa shape index (κ2) is 8.51. The largest absolute Gasteiger partial charge is 0.508 e. The number of phenols is 2. The first-order valence-electron chi connectivity index (χ1n) is 11.3. The number of hydrogen-bond acceptors (Lipinski definition) is 8. The number of fused-ring (bicyclic) bond motifs is 2. The second-order valence-electron chi connectivity index (χ2n) is 8.65. The summed E-state index contributed by atoms with van der Waals surface area (Å²) in [5.74, 6) is 0.435. The van der Waals surface area contributed by atoms with Crippen LogP contribution in [0, 0.1) is 0 Å². The quantitative estimate of drug-likeness (QED) is 0.383. The molecule has 2 N–H and O–H groups in total. The summed E-state index contributed by atoms with van der Waals surface area (Å²) in [6.45, 7) is 0. The number of nitrogens with zero attached hydrogens (tertiary/aromatic N) is 3. The van der Waals surface area contributed by atoms with Crippen molar-refractivity contribution in [3.8, 4) is 22.9 Å². The first-order chi connectivity index (χ1) is 17.4. The number of ether oxygens (including phenoxy) is 1. The molecule has 2 aliphatic heterocycles. The number of rotatable bonds is 6. The van der Waals surface area contributed by atoms with Crippen LogP contribution in [0.3, 0.4) is 0 Å². The van der Waals surface area contributed by atoms with Crippen molar-refractivity contribution in [2.24, 2.45) is 0 Å². The van der Waals surface area contributed by atoms with Gasteiger partial charge in [0, 0.05) is 6.42 Å². The minimum absolute atomic E-state index is 0.108. The Morgan fingerprint density at radius 3 is 2.06 bits per heavy atom. The van der Waals surface area contributed by atoms with E-state index in [1.807, 2.05) is 0 Å². The molecule has 36 heavy (non-hydrogen) atoms. The summed E-state index contributed by atoms with van der Waals surface area (Å²) < 4.78 is 40.1. The molecule has 9 nitrogen and oxygen atoms in total. The summed E-state index contributed by atoms with van der Waals surface area (Å²) in [7, 11) is -4.06. The van der Waals surface area contributed by atoms with Crippen molar-refractivity contribution in [3.05, 3.63) is 96.6 Å². The Bertz CT molecular complexity index is 1530. The Balaban J connectivity index is 1.33. The monoisotopic (exact) mass is 503 g/mol. The summed E-state index contributed by atoms with van der Waals surface area (Å²) in [5, 5.41) is 22.6. The third-order valence-electron chi connectivity index (χ3n) is 6.45. The Kier molecular flexibility index (Phi) is 5.27. The number of phenolic OH excluding ortho intramolecular Hbond substituents is 2. The van der Waals surface area contributed by atoms with E-state index < -0.39 is 27.6 Å². The zero-order valence-corrected chi connectivity index (χ0v) is 19.6. The Morgan fingerprint density at radius 1 is 0.861 bits per heavy atom. The standard InChI is InChI=1S/C26H21N3O6S/c30-19-7-1-16(2-8-19)24-22-13-23(26(34-22)25(24)17-3-9-20(31)10-4-17)36(32,33)35-21-11-5-18(6-12-21)29-15-27-14-28-29/h1-12,14-15,22-23,26,30-31H,13H2/t22-,23+,26+/m0/s1. The number of aromatic hydroxyl groups is 2. The van der Waals surface area contributed by atoms with Crippen molar-refractivity contribution < 1.29 is 27.6 Å². The Hall–Kier alpha value is -4.15. The first kappa shape index (κ1) is 22.3. The molecule has 3 heterocycles. The molecule has 182 valence electrons. The van der Waals surface area contributed by atoms with Gasteiger partial charge in [0.2, 0.25) is 0 Å². The third-order valence-corrected chi connectivity index (χ3v) is 8.06. The molecule has 1 aromatic heterocycles. The van der Waals surface area contributed by atoms with Crippen LogP contribution in [0.2, 0.25) is 0 Å². The van der Waals surface area contributed by atoms with Gasteiger partial charge in [-0.3, -0.25) is 0 Å². The van der Waals surface area contributed by atoms with E-state index >= 15 is 0 Å². The maximum Gasteiger partial charge on any atom is 0.315 e. The van der Waals surface area contributed by atoms with Gasteiger partial charge in [0.15, 0.2) is 0 Å². The van der Waals surface area contributed by atoms with Crippen molar-refractivity contribution in [1.82, 2.24) is 14.8 Å². The van der Waals surface area contributed by atoms with Crippen molar-refractivity contribution in [1.29, 1.82) is 0 Å². The maximum absolute atomic E-state index is 13.4. The van der Waals surface area contributed by atoms with Crippen LogP contribution in [0.25, 0.3) is 16.8 Å². The predicted molar refractivity (Wildman–Crippen MR) is 131 cm³/mol. The average Bonchev–Trinajstić information content (AvgIpc) is 3.62. The van der Waals surface area contributed by atoms with Gasteiger partial charge in [0.25, 0.3) is 0 Å². The fourth-order valence-corrected chi connectivity index (χ4v) is 6.24. The van der Waals surface area contributed by atoms with E-state index in [2.05, 4.69) is 10.1 Å². The van der Waals surface area contributed by atoms with Gasteiger partial charge in [0.05, 0.1) is 11.8 Å². The highest BCUT2D eigenvalue weighted by atomic mass is 32.2. The third kappa shape index (κ3) is 3.90. The van der Waals surface area contributed by atoms with E-state index in [0.29, 0.717) is 0 Å². The minimum atomic E-state index is -4.06. The number of benzene rings is 3. The van der Waals surface area contributed by atoms with E-state index in [1.165, 1.54) is 6.33 Å². The molecule has 1 saturated heterocycles. The highest BCUT2D eigenvalue weighted by molar-refractivity contribution is 7.87. The van der Waals surface area contributed by atoms with E-state index in [1.54, 1.807) is 83.8 Å². The lowest BCUT2D eigenvalue weighted by atomic mass is 9.83. The maximum atomic E-state index is 13.4. The van der Waals surface area contributed by atoms with Crippen LogP contribution in [0.15, 0.2) is 85.5 Å². The highest BCUT2D eigenvalue weighted by Crippen LogP contribution is 2.51. The lowest BCUT2D eigenvalue weighted by Gasteiger charge is -2.24. The summed E-state index contributed by atoms with van der Waals surface area (Å²) in [6, 6.07) is 19.9. The fourth-order valence-electron chi connectivity index (χ4n) is 4.83. The minimum Gasteiger partial charge on any atom is -0.508 e. The van der Waals surface area contributed by atoms with E-state index in [9.17, 15) is 18.6 Å². The molecule has 6 rings (SSSR count). The average molecular weight is 504 g/mol. The van der Waals surface area contributed by atoms with E-state index in [0.717, 1.165) is 28.0 Å². The van der Waals surface area contributed by atoms with Gasteiger partial charge in [0.1, 0.15) is 41.3 Å². The van der Waals surface area contributed by atoms with E-state index in [4.69, 9.17) is 8.92 Å². The zero-order valence-electron chi connectivity index (χ0n) is 18.8. The fraction of sp³-hybridized carbons (Fsp3) is 0.154. The summed E-state index contributed by atoms with van der Waals surface area (Å²) in [5.41, 5.74) is 3.91. The SMILES string of the molecule is O=S(=O)(Oc1ccc(-n2cncn2)cc1)[C@@H]1C[C@@H]2O[C@H]1C(c1ccc(O)cc1)=C2c1ccc(O)cc1. The molecule has 2 aliphatic rings. The Morgan fingerprint density at radius 2 is 1.47 bits per heavy atom. The van der Waals surface area contributed by atoms with Gasteiger partial charge in [-0.25, -0.2) is 9.67 Å². The van der Waals surface area contributed by atoms with Crippen molar-refractivity contribution in [2.45, 2.75) is 23.9 Å². The molecular weight excluding hydrogens is 482 g/mol. The lowest BCUT2D eigenvalue weighted by molar-refractivity contribution is 0.128. The van der Waals surface area contributed by atoms with Crippen LogP contribution in [-0.2, 0) is 14.9 Å². The van der Waals surface area contributed by atoms with Crippen molar-refractivity contribution >= 4 is 21.3 Å². The van der Waals surface area contributed by atoms with Crippen LogP contribution in [0.1, 0.15) is 17.5 Å². The van der Waals surface area contributed by atoms with Gasteiger partial charge in [-0.05, 0) is 70.8 Å². The molecular formula is C26H21N3O6S. The normalized spacial score (nSPS) is 21.2. The lowest BCUT2D eigenvalue weighted by Crippen LogP contribution is -2.35. The molecule has 10 heteroatoms. The highest BCUT2D eigenvalue weighted by Gasteiger charge is 2.53. The molecule has 0 aliphatic carbocycles. The van der Waals surface area contributed by atoms with Crippen LogP contribution >= 0.6 is 0 Å². The van der Waals surface area contributed by atoms with Gasteiger partial charge in [-0.15, -0.1) is 0 Å². The van der Waals surface area contributed by atoms with Crippen molar-refractivity contribution in [2.75, 3.05) is 0 Å². The topological polar surface area (TPSA) is 124 Å². The summed E-state index contributed by atoms with van der Waals surface area (Å²) >= 11 is 0. The molecule has 4 aromatic rings. The molecule has 0 spiro atoms. The predicted octanol–water partition coefficient (Wildman–Crippen LogP) is 3.54. The second-order valence-corrected chi connectivity index (χ2v) is 10.4. The summed E-state index contributed by atoms with van der Waals surface area (Å²) in [4.78, 5) is 3.90. The van der Waals surface area contributed by atoms with Crippen LogP contribution in [0.5, 0.6) is 17.2 Å². The van der Waals surface area contributed by atoms with Gasteiger partial charge in [-0.2, -0.15) is 13.5 Å². The zero-order chi connectivity index (χ0) is 24.9. The molecule has 0 radical (unpaired) electrons. The van der Waals surface area contributed by atoms with Crippen LogP contribution < -0.4 is 4.18 Å². The van der Waals surface area contributed by atoms with E-state index in [-0.39, 0.29) is 23.7 Å². The molecule has 0 saturated carbocycles. The molecule has 2 bridgehead atoms. The molecule has 0 amide bonds. The molecule has 0 unspecified atom stereocenters.